The first-order valence-electron chi connectivity index (χ1n) is 10.0. The van der Waals surface area contributed by atoms with Gasteiger partial charge >= 0.3 is 0 Å². The first-order valence-corrected chi connectivity index (χ1v) is 12.5. The van der Waals surface area contributed by atoms with Gasteiger partial charge in [0.1, 0.15) is 17.0 Å². The van der Waals surface area contributed by atoms with Gasteiger partial charge in [-0.3, -0.25) is 9.52 Å². The zero-order chi connectivity index (χ0) is 24.1. The van der Waals surface area contributed by atoms with Crippen LogP contribution in [0.4, 0.5) is 11.4 Å². The smallest absolute Gasteiger partial charge is 0.262 e. The molecule has 0 radical (unpaired) electrons. The summed E-state index contributed by atoms with van der Waals surface area (Å²) < 4.78 is 44.2. The second-order valence-electron chi connectivity index (χ2n) is 6.98. The summed E-state index contributed by atoms with van der Waals surface area (Å²) in [6, 6.07) is 18.1. The Balaban J connectivity index is 1.43. The number of hydrogen-bond acceptors (Lipinski definition) is 8. The van der Waals surface area contributed by atoms with E-state index in [1.165, 1.54) is 25.3 Å². The zero-order valence-electron chi connectivity index (χ0n) is 18.3. The van der Waals surface area contributed by atoms with E-state index in [0.717, 1.165) is 11.8 Å². The van der Waals surface area contributed by atoms with Gasteiger partial charge in [-0.15, -0.1) is 0 Å². The molecule has 0 saturated heterocycles. The minimum atomic E-state index is -3.89. The fraction of sp³-hybridized carbons (Fsp3) is 0.130. The Morgan fingerprint density at radius 2 is 1.79 bits per heavy atom. The summed E-state index contributed by atoms with van der Waals surface area (Å²) in [5.74, 6) is 0.930. The van der Waals surface area contributed by atoms with Gasteiger partial charge in [-0.05, 0) is 54.6 Å². The molecule has 0 bridgehead atoms. The minimum absolute atomic E-state index is 0.0213. The van der Waals surface area contributed by atoms with Gasteiger partial charge in [-0.25, -0.2) is 13.4 Å². The van der Waals surface area contributed by atoms with Crippen LogP contribution >= 0.6 is 11.8 Å². The lowest BCUT2D eigenvalue weighted by molar-refractivity contribution is -0.113. The number of oxazole rings is 1. The van der Waals surface area contributed by atoms with Crippen molar-refractivity contribution in [2.75, 3.05) is 30.0 Å². The van der Waals surface area contributed by atoms with E-state index < -0.39 is 10.0 Å². The highest BCUT2D eigenvalue weighted by molar-refractivity contribution is 7.99. The Bertz CT molecular complexity index is 1420. The second-order valence-corrected chi connectivity index (χ2v) is 9.59. The summed E-state index contributed by atoms with van der Waals surface area (Å²) in [4.78, 5) is 16.6. The number of nitrogens with one attached hydrogen (secondary N) is 2. The van der Waals surface area contributed by atoms with Crippen molar-refractivity contribution in [1.29, 1.82) is 0 Å². The molecule has 4 aromatic rings. The number of carbonyl (C=O) groups excluding carboxylic acids is 1. The Kier molecular flexibility index (Phi) is 6.94. The molecule has 1 amide bonds. The molecule has 0 saturated carbocycles. The molecular formula is C23H21N3O6S2. The van der Waals surface area contributed by atoms with Gasteiger partial charge in [0.15, 0.2) is 5.58 Å². The number of aromatic nitrogens is 1. The molecule has 0 spiro atoms. The number of rotatable bonds is 9. The van der Waals surface area contributed by atoms with Crippen LogP contribution in [-0.4, -0.2) is 39.3 Å². The predicted molar refractivity (Wildman–Crippen MR) is 130 cm³/mol. The normalized spacial score (nSPS) is 11.2. The van der Waals surface area contributed by atoms with Crippen molar-refractivity contribution in [3.05, 3.63) is 66.7 Å². The summed E-state index contributed by atoms with van der Waals surface area (Å²) >= 11 is 1.11. The number of methoxy groups -OCH3 is 2. The maximum Gasteiger partial charge on any atom is 0.262 e. The van der Waals surface area contributed by atoms with Gasteiger partial charge in [-0.1, -0.05) is 23.9 Å². The number of benzene rings is 3. The molecule has 0 aliphatic heterocycles. The number of carbonyl (C=O) groups is 1. The Morgan fingerprint density at radius 1 is 1.03 bits per heavy atom. The van der Waals surface area contributed by atoms with E-state index in [1.807, 2.05) is 0 Å². The van der Waals surface area contributed by atoms with Crippen molar-refractivity contribution in [3.63, 3.8) is 0 Å². The average molecular weight is 500 g/mol. The van der Waals surface area contributed by atoms with E-state index in [0.29, 0.717) is 34.0 Å². The molecule has 0 unspecified atom stereocenters. The number of thioether (sulfide) groups is 1. The summed E-state index contributed by atoms with van der Waals surface area (Å²) in [6.45, 7) is 0. The largest absolute Gasteiger partial charge is 0.497 e. The van der Waals surface area contributed by atoms with E-state index in [4.69, 9.17) is 13.9 Å². The van der Waals surface area contributed by atoms with Gasteiger partial charge in [0, 0.05) is 5.69 Å². The molecule has 34 heavy (non-hydrogen) atoms. The van der Waals surface area contributed by atoms with Crippen molar-refractivity contribution in [2.24, 2.45) is 0 Å². The lowest BCUT2D eigenvalue weighted by Gasteiger charge is -2.11. The van der Waals surface area contributed by atoms with Crippen molar-refractivity contribution in [2.45, 2.75) is 10.1 Å². The number of ether oxygens (including phenoxy) is 2. The maximum atomic E-state index is 12.9. The highest BCUT2D eigenvalue weighted by Gasteiger charge is 2.19. The van der Waals surface area contributed by atoms with Crippen LogP contribution in [-0.2, 0) is 14.8 Å². The van der Waals surface area contributed by atoms with E-state index in [2.05, 4.69) is 15.0 Å². The Morgan fingerprint density at radius 3 is 2.53 bits per heavy atom. The highest BCUT2D eigenvalue weighted by Crippen LogP contribution is 2.29. The first-order chi connectivity index (χ1) is 16.4. The highest BCUT2D eigenvalue weighted by atomic mass is 32.2. The fourth-order valence-electron chi connectivity index (χ4n) is 3.05. The molecular weight excluding hydrogens is 478 g/mol. The number of fused-ring (bicyclic) bond motifs is 1. The molecule has 0 fully saturated rings. The van der Waals surface area contributed by atoms with Crippen LogP contribution < -0.4 is 19.5 Å². The Labute approximate surface area is 200 Å². The van der Waals surface area contributed by atoms with Crippen molar-refractivity contribution < 1.29 is 27.1 Å². The average Bonchev–Trinajstić information content (AvgIpc) is 3.26. The van der Waals surface area contributed by atoms with Crippen LogP contribution in [0.15, 0.2) is 81.3 Å². The van der Waals surface area contributed by atoms with Crippen LogP contribution in [0.2, 0.25) is 0 Å². The van der Waals surface area contributed by atoms with Crippen molar-refractivity contribution in [3.8, 4) is 11.5 Å². The van der Waals surface area contributed by atoms with Crippen LogP contribution in [0.1, 0.15) is 0 Å². The molecule has 2 N–H and O–H groups in total. The van der Waals surface area contributed by atoms with E-state index in [1.54, 1.807) is 55.6 Å². The quantitative estimate of drug-likeness (QED) is 0.326. The molecule has 176 valence electrons. The maximum absolute atomic E-state index is 12.9. The van der Waals surface area contributed by atoms with Gasteiger partial charge in [0.05, 0.1) is 30.6 Å². The van der Waals surface area contributed by atoms with E-state index >= 15 is 0 Å². The number of anilines is 2. The summed E-state index contributed by atoms with van der Waals surface area (Å²) in [5.41, 5.74) is 1.74. The van der Waals surface area contributed by atoms with Gasteiger partial charge in [0.2, 0.25) is 5.91 Å². The third-order valence-electron chi connectivity index (χ3n) is 4.70. The SMILES string of the molecule is COc1ccc(NC(=O)CSc2nc3cc(S(=O)(=O)Nc4ccccc4OC)ccc3o2)cc1. The van der Waals surface area contributed by atoms with Gasteiger partial charge in [0.25, 0.3) is 15.2 Å². The van der Waals surface area contributed by atoms with E-state index in [9.17, 15) is 13.2 Å². The summed E-state index contributed by atoms with van der Waals surface area (Å²) in [7, 11) is -0.852. The second kappa shape index (κ2) is 10.1. The summed E-state index contributed by atoms with van der Waals surface area (Å²) in [6.07, 6.45) is 0. The molecule has 0 atom stereocenters. The van der Waals surface area contributed by atoms with Crippen LogP contribution in [0.25, 0.3) is 11.1 Å². The Hall–Kier alpha value is -3.70. The number of hydrogen-bond donors (Lipinski definition) is 2. The van der Waals surface area contributed by atoms with Crippen LogP contribution in [0.3, 0.4) is 0 Å². The minimum Gasteiger partial charge on any atom is -0.497 e. The molecule has 3 aromatic carbocycles. The fourth-order valence-corrected chi connectivity index (χ4v) is 4.77. The number of amides is 1. The molecule has 1 aromatic heterocycles. The van der Waals surface area contributed by atoms with E-state index in [-0.39, 0.29) is 21.8 Å². The summed E-state index contributed by atoms with van der Waals surface area (Å²) in [5, 5.41) is 3.03. The predicted octanol–water partition coefficient (Wildman–Crippen LogP) is 4.38. The molecule has 0 aliphatic carbocycles. The molecule has 11 heteroatoms. The molecule has 0 aliphatic rings. The topological polar surface area (TPSA) is 120 Å². The van der Waals surface area contributed by atoms with Gasteiger partial charge < -0.3 is 19.2 Å². The molecule has 9 nitrogen and oxygen atoms in total. The van der Waals surface area contributed by atoms with Crippen molar-refractivity contribution >= 4 is 50.2 Å². The standard InChI is InChI=1S/C23H21N3O6S2/c1-30-16-9-7-15(8-10-16)24-22(27)14-33-23-25-19-13-17(11-12-21(19)32-23)34(28,29)26-18-5-3-4-6-20(18)31-2/h3-13,26H,14H2,1-2H3,(H,24,27). The number of para-hydroxylation sites is 2. The molecule has 1 heterocycles. The van der Waals surface area contributed by atoms with Crippen LogP contribution in [0.5, 0.6) is 11.5 Å². The zero-order valence-corrected chi connectivity index (χ0v) is 19.9. The first kappa shape index (κ1) is 23.5. The van der Waals surface area contributed by atoms with Crippen LogP contribution in [0, 0.1) is 0 Å². The number of sulfonamides is 1. The third-order valence-corrected chi connectivity index (χ3v) is 6.89. The number of nitrogens with zero attached hydrogens (tertiary/aromatic N) is 1. The monoisotopic (exact) mass is 499 g/mol. The lowest BCUT2D eigenvalue weighted by Crippen LogP contribution is -2.13. The van der Waals surface area contributed by atoms with Gasteiger partial charge in [-0.2, -0.15) is 0 Å². The van der Waals surface area contributed by atoms with Crippen molar-refractivity contribution in [1.82, 2.24) is 4.98 Å². The molecule has 4 rings (SSSR count). The third kappa shape index (κ3) is 5.43. The lowest BCUT2D eigenvalue weighted by atomic mass is 10.3.